The molecule has 0 unspecified atom stereocenters. The maximum absolute atomic E-state index is 10.7. The van der Waals surface area contributed by atoms with Crippen molar-refractivity contribution >= 4 is 17.9 Å². The molecule has 1 heterocycles. The van der Waals surface area contributed by atoms with Gasteiger partial charge in [-0.25, -0.2) is 4.79 Å². The van der Waals surface area contributed by atoms with E-state index in [1.165, 1.54) is 0 Å². The normalized spacial score (nSPS) is 11.5. The summed E-state index contributed by atoms with van der Waals surface area (Å²) in [7, 11) is 7.98. The molecule has 0 aromatic carbocycles. The van der Waals surface area contributed by atoms with Crippen LogP contribution in [0.4, 0.5) is 5.82 Å². The van der Waals surface area contributed by atoms with Gasteiger partial charge in [-0.3, -0.25) is 4.68 Å². The lowest BCUT2D eigenvalue weighted by Gasteiger charge is -2.21. The molecule has 0 aliphatic heterocycles. The van der Waals surface area contributed by atoms with Crippen LogP contribution >= 0.6 is 0 Å². The minimum atomic E-state index is -0.950. The number of hydrogen-bond acceptors (Lipinski definition) is 4. The minimum absolute atomic E-state index is 0.833. The number of aryl methyl sites for hydroxylation is 2. The van der Waals surface area contributed by atoms with Crippen molar-refractivity contribution in [2.75, 3.05) is 39.1 Å². The molecule has 0 saturated heterocycles. The molecule has 20 heavy (non-hydrogen) atoms. The number of hydrogen-bond donors (Lipinski definition) is 1. The highest BCUT2D eigenvalue weighted by atomic mass is 16.4. The molecule has 0 aliphatic carbocycles. The Labute approximate surface area is 120 Å². The van der Waals surface area contributed by atoms with Crippen LogP contribution in [-0.4, -0.2) is 60.0 Å². The van der Waals surface area contributed by atoms with Crippen LogP contribution in [0, 0.1) is 6.92 Å². The topological polar surface area (TPSA) is 61.6 Å². The smallest absolute Gasteiger partial charge is 0.328 e. The summed E-state index contributed by atoms with van der Waals surface area (Å²) in [4.78, 5) is 14.9. The van der Waals surface area contributed by atoms with Crippen molar-refractivity contribution in [1.29, 1.82) is 0 Å². The predicted octanol–water partition coefficient (Wildman–Crippen LogP) is 1.21. The molecule has 1 N–H and O–H groups in total. The van der Waals surface area contributed by atoms with Crippen molar-refractivity contribution < 1.29 is 9.90 Å². The van der Waals surface area contributed by atoms with Crippen molar-refractivity contribution in [2.45, 2.75) is 13.3 Å². The van der Waals surface area contributed by atoms with Crippen LogP contribution in [0.3, 0.4) is 0 Å². The largest absolute Gasteiger partial charge is 0.478 e. The molecule has 0 spiro atoms. The number of aliphatic carboxylic acids is 1. The zero-order valence-electron chi connectivity index (χ0n) is 12.9. The van der Waals surface area contributed by atoms with E-state index in [0.717, 1.165) is 42.7 Å². The summed E-state index contributed by atoms with van der Waals surface area (Å²) in [6.45, 7) is 3.80. The highest BCUT2D eigenvalue weighted by molar-refractivity contribution is 5.87. The number of rotatable bonds is 7. The monoisotopic (exact) mass is 280 g/mol. The molecule has 1 rings (SSSR count). The molecule has 0 aliphatic rings. The highest BCUT2D eigenvalue weighted by Gasteiger charge is 2.15. The van der Waals surface area contributed by atoms with E-state index >= 15 is 0 Å². The molecule has 112 valence electrons. The Bertz CT molecular complexity index is 492. The van der Waals surface area contributed by atoms with E-state index in [1.54, 1.807) is 10.8 Å². The van der Waals surface area contributed by atoms with Gasteiger partial charge in [-0.2, -0.15) is 5.10 Å². The fourth-order valence-electron chi connectivity index (χ4n) is 2.19. The third-order valence-corrected chi connectivity index (χ3v) is 3.09. The van der Waals surface area contributed by atoms with Gasteiger partial charge in [-0.15, -0.1) is 0 Å². The molecule has 0 saturated carbocycles. The maximum atomic E-state index is 10.7. The summed E-state index contributed by atoms with van der Waals surface area (Å²) >= 11 is 0. The summed E-state index contributed by atoms with van der Waals surface area (Å²) in [5.41, 5.74) is 1.70. The average molecular weight is 280 g/mol. The van der Waals surface area contributed by atoms with Gasteiger partial charge in [0.05, 0.1) is 5.69 Å². The minimum Gasteiger partial charge on any atom is -0.478 e. The van der Waals surface area contributed by atoms with Crippen molar-refractivity contribution in [1.82, 2.24) is 14.7 Å². The Balaban J connectivity index is 2.89. The zero-order chi connectivity index (χ0) is 15.3. The Morgan fingerprint density at radius 2 is 2.00 bits per heavy atom. The van der Waals surface area contributed by atoms with Gasteiger partial charge in [0.2, 0.25) is 0 Å². The van der Waals surface area contributed by atoms with Crippen LogP contribution in [0.25, 0.3) is 6.08 Å². The van der Waals surface area contributed by atoms with Gasteiger partial charge in [0.15, 0.2) is 0 Å². The van der Waals surface area contributed by atoms with Crippen molar-refractivity contribution in [2.24, 2.45) is 7.05 Å². The number of carboxylic acid groups (broad SMARTS) is 1. The van der Waals surface area contributed by atoms with E-state index in [1.807, 2.05) is 21.0 Å². The van der Waals surface area contributed by atoms with Crippen molar-refractivity contribution in [3.8, 4) is 0 Å². The molecule has 0 atom stereocenters. The van der Waals surface area contributed by atoms with Crippen molar-refractivity contribution in [3.63, 3.8) is 0 Å². The van der Waals surface area contributed by atoms with Gasteiger partial charge in [0, 0.05) is 32.3 Å². The van der Waals surface area contributed by atoms with Crippen LogP contribution in [0.15, 0.2) is 6.08 Å². The van der Waals surface area contributed by atoms with E-state index in [9.17, 15) is 4.79 Å². The Kier molecular flexibility index (Phi) is 5.76. The summed E-state index contributed by atoms with van der Waals surface area (Å²) in [6.07, 6.45) is 3.80. The molecule has 6 heteroatoms. The van der Waals surface area contributed by atoms with Crippen LogP contribution in [0.1, 0.15) is 17.7 Å². The molecule has 1 aromatic heterocycles. The number of carbonyl (C=O) groups is 1. The number of carboxylic acids is 1. The van der Waals surface area contributed by atoms with E-state index < -0.39 is 5.97 Å². The number of nitrogens with zero attached hydrogens (tertiary/aromatic N) is 4. The van der Waals surface area contributed by atoms with Gasteiger partial charge in [-0.05, 0) is 40.1 Å². The SMILES string of the molecule is Cc1nn(C)c(N(C)CCCN(C)C)c1C=CC(=O)O. The third-order valence-electron chi connectivity index (χ3n) is 3.09. The molecule has 0 bridgehead atoms. The van der Waals surface area contributed by atoms with E-state index in [4.69, 9.17) is 5.11 Å². The lowest BCUT2D eigenvalue weighted by Crippen LogP contribution is -2.25. The fraction of sp³-hybridized carbons (Fsp3) is 0.571. The van der Waals surface area contributed by atoms with E-state index in [0.29, 0.717) is 0 Å². The lowest BCUT2D eigenvalue weighted by atomic mass is 10.2. The summed E-state index contributed by atoms with van der Waals surface area (Å²) in [5.74, 6) is -0.00628. The highest BCUT2D eigenvalue weighted by Crippen LogP contribution is 2.23. The fourth-order valence-corrected chi connectivity index (χ4v) is 2.19. The van der Waals surface area contributed by atoms with Crippen LogP contribution in [0.5, 0.6) is 0 Å². The first-order valence-electron chi connectivity index (χ1n) is 6.63. The zero-order valence-corrected chi connectivity index (χ0v) is 12.9. The number of aromatic nitrogens is 2. The summed E-state index contributed by atoms with van der Waals surface area (Å²) in [5, 5.41) is 13.1. The van der Waals surface area contributed by atoms with E-state index in [-0.39, 0.29) is 0 Å². The Morgan fingerprint density at radius 3 is 2.55 bits per heavy atom. The maximum Gasteiger partial charge on any atom is 0.328 e. The quantitative estimate of drug-likeness (QED) is 0.761. The van der Waals surface area contributed by atoms with Crippen LogP contribution in [0.2, 0.25) is 0 Å². The summed E-state index contributed by atoms with van der Waals surface area (Å²) in [6, 6.07) is 0. The first-order chi connectivity index (χ1) is 9.32. The predicted molar refractivity (Wildman–Crippen MR) is 81.1 cm³/mol. The molecule has 1 aromatic rings. The molecular weight excluding hydrogens is 256 g/mol. The lowest BCUT2D eigenvalue weighted by molar-refractivity contribution is -0.131. The standard InChI is InChI=1S/C14H24N4O2/c1-11-12(7-8-13(19)20)14(18(5)15-11)17(4)10-6-9-16(2)3/h7-8H,6,9-10H2,1-5H3,(H,19,20). The van der Waals surface area contributed by atoms with Gasteiger partial charge in [0.1, 0.15) is 5.82 Å². The van der Waals surface area contributed by atoms with Crippen LogP contribution in [-0.2, 0) is 11.8 Å². The second kappa shape index (κ2) is 7.09. The third kappa shape index (κ3) is 4.38. The Hall–Kier alpha value is -1.82. The van der Waals surface area contributed by atoms with Crippen LogP contribution < -0.4 is 4.90 Å². The van der Waals surface area contributed by atoms with Gasteiger partial charge in [0.25, 0.3) is 0 Å². The molecular formula is C14H24N4O2. The van der Waals surface area contributed by atoms with Gasteiger partial charge >= 0.3 is 5.97 Å². The summed E-state index contributed by atoms with van der Waals surface area (Å²) < 4.78 is 1.80. The molecule has 0 fully saturated rings. The van der Waals surface area contributed by atoms with E-state index in [2.05, 4.69) is 29.0 Å². The molecule has 0 amide bonds. The number of anilines is 1. The first-order valence-corrected chi connectivity index (χ1v) is 6.63. The van der Waals surface area contributed by atoms with Crippen molar-refractivity contribution in [3.05, 3.63) is 17.3 Å². The average Bonchev–Trinajstić information content (AvgIpc) is 2.60. The molecule has 0 radical (unpaired) electrons. The van der Waals surface area contributed by atoms with Gasteiger partial charge in [-0.1, -0.05) is 0 Å². The Morgan fingerprint density at radius 1 is 1.35 bits per heavy atom. The molecule has 6 nitrogen and oxygen atoms in total. The second-order valence-corrected chi connectivity index (χ2v) is 5.20. The van der Waals surface area contributed by atoms with Gasteiger partial charge < -0.3 is 14.9 Å². The first kappa shape index (κ1) is 16.2. The second-order valence-electron chi connectivity index (χ2n) is 5.20.